The maximum absolute atomic E-state index is 4.30. The van der Waals surface area contributed by atoms with Crippen molar-refractivity contribution < 1.29 is 4.58 Å². The van der Waals surface area contributed by atoms with Gasteiger partial charge in [0.1, 0.15) is 12.2 Å². The molecule has 1 aliphatic rings. The summed E-state index contributed by atoms with van der Waals surface area (Å²) in [6.07, 6.45) is 5.82. The standard InChI is InChI=1S/C21H31NSi/c1-15(2)11-18-13-20(19-12-16(3)9-10-17(19)4)22(5)14-21(18)23(6,7)8/h9-10,12-15H,5,11H2,1-4,6-8H3. The fraction of sp³-hybridized carbons (Fsp3) is 0.429. The van der Waals surface area contributed by atoms with E-state index >= 15 is 0 Å². The zero-order valence-corrected chi connectivity index (χ0v) is 16.8. The molecule has 0 fully saturated rings. The molecule has 0 spiro atoms. The number of nitrogens with zero attached hydrogens (tertiary/aromatic N) is 1. The number of benzene rings is 1. The van der Waals surface area contributed by atoms with Crippen molar-refractivity contribution in [2.24, 2.45) is 5.92 Å². The molecule has 1 aromatic rings. The molecule has 0 bridgehead atoms. The van der Waals surface area contributed by atoms with Crippen LogP contribution in [0.25, 0.3) is 0 Å². The van der Waals surface area contributed by atoms with Gasteiger partial charge in [0, 0.05) is 0 Å². The minimum atomic E-state index is -1.39. The summed E-state index contributed by atoms with van der Waals surface area (Å²) in [7, 11) is -1.39. The van der Waals surface area contributed by atoms with Crippen LogP contribution in [0.2, 0.25) is 19.6 Å². The van der Waals surface area contributed by atoms with Gasteiger partial charge in [-0.2, -0.15) is 0 Å². The van der Waals surface area contributed by atoms with E-state index in [1.54, 1.807) is 0 Å². The third-order valence-corrected chi connectivity index (χ3v) is 6.42. The van der Waals surface area contributed by atoms with Crippen LogP contribution in [-0.2, 0) is 0 Å². The lowest BCUT2D eigenvalue weighted by molar-refractivity contribution is -0.418. The van der Waals surface area contributed by atoms with Crippen LogP contribution < -0.4 is 0 Å². The zero-order valence-electron chi connectivity index (χ0n) is 15.8. The van der Waals surface area contributed by atoms with E-state index in [0.29, 0.717) is 5.92 Å². The van der Waals surface area contributed by atoms with Gasteiger partial charge in [-0.3, -0.25) is 4.58 Å². The van der Waals surface area contributed by atoms with Gasteiger partial charge in [-0.05, 0) is 36.1 Å². The Morgan fingerprint density at radius 2 is 1.83 bits per heavy atom. The van der Waals surface area contributed by atoms with E-state index in [0.717, 1.165) is 6.42 Å². The second-order valence-corrected chi connectivity index (χ2v) is 13.3. The van der Waals surface area contributed by atoms with Crippen molar-refractivity contribution in [3.63, 3.8) is 0 Å². The molecule has 0 radical (unpaired) electrons. The summed E-state index contributed by atoms with van der Waals surface area (Å²) in [4.78, 5) is 0. The maximum atomic E-state index is 4.30. The molecule has 23 heavy (non-hydrogen) atoms. The Morgan fingerprint density at radius 1 is 1.17 bits per heavy atom. The predicted octanol–water partition coefficient (Wildman–Crippen LogP) is 5.64. The van der Waals surface area contributed by atoms with Crippen molar-refractivity contribution in [1.82, 2.24) is 0 Å². The molecule has 0 amide bonds. The Balaban J connectivity index is 2.51. The molecule has 1 heterocycles. The molecule has 0 atom stereocenters. The van der Waals surface area contributed by atoms with Gasteiger partial charge in [0.05, 0.1) is 14.8 Å². The molecule has 0 aliphatic carbocycles. The highest BCUT2D eigenvalue weighted by atomic mass is 28.3. The van der Waals surface area contributed by atoms with Gasteiger partial charge in [0.25, 0.3) is 0 Å². The van der Waals surface area contributed by atoms with E-state index in [-0.39, 0.29) is 0 Å². The monoisotopic (exact) mass is 325 g/mol. The summed E-state index contributed by atoms with van der Waals surface area (Å²) >= 11 is 0. The minimum absolute atomic E-state index is 0.664. The highest BCUT2D eigenvalue weighted by Gasteiger charge is 2.29. The van der Waals surface area contributed by atoms with Gasteiger partial charge < -0.3 is 0 Å². The molecular formula is C21H31NSi. The van der Waals surface area contributed by atoms with Crippen molar-refractivity contribution in [3.05, 3.63) is 64.0 Å². The number of aryl methyl sites for hydroxylation is 2. The first-order valence-electron chi connectivity index (χ1n) is 8.57. The zero-order chi connectivity index (χ0) is 17.4. The summed E-state index contributed by atoms with van der Waals surface area (Å²) in [6.45, 7) is 20.5. The molecule has 0 unspecified atom stereocenters. The third kappa shape index (κ3) is 4.05. The van der Waals surface area contributed by atoms with Gasteiger partial charge in [0.2, 0.25) is 0 Å². The molecule has 2 heteroatoms. The third-order valence-electron chi connectivity index (χ3n) is 4.36. The van der Waals surface area contributed by atoms with Crippen molar-refractivity contribution in [2.75, 3.05) is 0 Å². The first-order valence-corrected chi connectivity index (χ1v) is 12.1. The summed E-state index contributed by atoms with van der Waals surface area (Å²) in [5, 5.41) is 1.54. The summed E-state index contributed by atoms with van der Waals surface area (Å²) in [5.74, 6) is 0.664. The van der Waals surface area contributed by atoms with E-state index in [1.807, 2.05) is 0 Å². The number of rotatable bonds is 4. The normalized spacial score (nSPS) is 15.8. The van der Waals surface area contributed by atoms with E-state index in [9.17, 15) is 0 Å². The molecular weight excluding hydrogens is 294 g/mol. The smallest absolute Gasteiger partial charge is 0.147 e. The van der Waals surface area contributed by atoms with E-state index in [4.69, 9.17) is 0 Å². The molecule has 1 aliphatic heterocycles. The first kappa shape index (κ1) is 17.8. The lowest BCUT2D eigenvalue weighted by Gasteiger charge is -2.32. The van der Waals surface area contributed by atoms with E-state index in [1.165, 1.54) is 33.5 Å². The summed E-state index contributed by atoms with van der Waals surface area (Å²) in [5.41, 5.74) is 5.41. The average molecular weight is 326 g/mol. The Labute approximate surface area is 143 Å². The number of hydrogen-bond donors (Lipinski definition) is 0. The predicted molar refractivity (Wildman–Crippen MR) is 105 cm³/mol. The second kappa shape index (κ2) is 6.52. The highest BCUT2D eigenvalue weighted by Crippen LogP contribution is 2.36. The molecule has 0 saturated carbocycles. The van der Waals surface area contributed by atoms with Gasteiger partial charge in [-0.1, -0.05) is 75.3 Å². The van der Waals surface area contributed by atoms with Crippen molar-refractivity contribution in [2.45, 2.75) is 53.8 Å². The van der Waals surface area contributed by atoms with Crippen molar-refractivity contribution in [1.29, 1.82) is 0 Å². The van der Waals surface area contributed by atoms with Gasteiger partial charge in [0.15, 0.2) is 0 Å². The average Bonchev–Trinajstić information content (AvgIpc) is 2.41. The van der Waals surface area contributed by atoms with Gasteiger partial charge in [-0.25, -0.2) is 0 Å². The van der Waals surface area contributed by atoms with Gasteiger partial charge >= 0.3 is 0 Å². The van der Waals surface area contributed by atoms with E-state index < -0.39 is 8.07 Å². The summed E-state index contributed by atoms with van der Waals surface area (Å²) in [6, 6.07) is 7.89. The molecule has 124 valence electrons. The molecule has 0 N–H and O–H groups in total. The molecule has 1 nitrogen and oxygen atoms in total. The topological polar surface area (TPSA) is 3.01 Å². The van der Waals surface area contributed by atoms with Crippen LogP contribution in [0.4, 0.5) is 0 Å². The van der Waals surface area contributed by atoms with Crippen molar-refractivity contribution in [3.8, 4) is 0 Å². The van der Waals surface area contributed by atoms with Crippen LogP contribution in [-0.4, -0.2) is 19.4 Å². The fourth-order valence-corrected chi connectivity index (χ4v) is 4.84. The molecule has 1 aromatic carbocycles. The van der Waals surface area contributed by atoms with Crippen LogP contribution in [0.15, 0.2) is 41.2 Å². The lowest BCUT2D eigenvalue weighted by Crippen LogP contribution is -2.31. The lowest BCUT2D eigenvalue weighted by atomic mass is 9.92. The molecule has 0 aromatic heterocycles. The van der Waals surface area contributed by atoms with Gasteiger partial charge in [-0.15, -0.1) is 0 Å². The largest absolute Gasteiger partial charge is 0.255 e. The van der Waals surface area contributed by atoms with E-state index in [2.05, 4.69) is 89.1 Å². The van der Waals surface area contributed by atoms with Crippen LogP contribution in [0.5, 0.6) is 0 Å². The Morgan fingerprint density at radius 3 is 2.39 bits per heavy atom. The minimum Gasteiger partial charge on any atom is -0.255 e. The fourth-order valence-electron chi connectivity index (χ4n) is 3.16. The Hall–Kier alpha value is -1.54. The summed E-state index contributed by atoms with van der Waals surface area (Å²) < 4.78 is 2.08. The SMILES string of the molecule is C=[N+]1C=C([Si](C)(C)C)C(CC(C)C)=C[C-]1c1cc(C)ccc1C. The highest BCUT2D eigenvalue weighted by molar-refractivity contribution is 6.84. The number of allylic oxidation sites excluding steroid dienone is 2. The maximum Gasteiger partial charge on any atom is 0.147 e. The van der Waals surface area contributed by atoms with Crippen LogP contribution in [0.3, 0.4) is 0 Å². The molecule has 2 rings (SSSR count). The number of hydrogen-bond acceptors (Lipinski definition) is 0. The quantitative estimate of drug-likeness (QED) is 0.382. The van der Waals surface area contributed by atoms with Crippen molar-refractivity contribution >= 4 is 14.8 Å². The second-order valence-electron chi connectivity index (χ2n) is 8.23. The molecule has 0 saturated heterocycles. The van der Waals surface area contributed by atoms with Crippen LogP contribution in [0.1, 0.15) is 37.0 Å². The van der Waals surface area contributed by atoms with Crippen LogP contribution >= 0.6 is 0 Å². The first-order chi connectivity index (χ1) is 10.6. The Kier molecular flexibility index (Phi) is 5.05. The van der Waals surface area contributed by atoms with Crippen LogP contribution in [0, 0.1) is 25.8 Å². The Bertz CT molecular complexity index is 672.